The Morgan fingerprint density at radius 2 is 2.02 bits per heavy atom. The summed E-state index contributed by atoms with van der Waals surface area (Å²) in [5.41, 5.74) is 1.80. The standard InChI is InChI=1S/C23H22FN5O2.C8H14FN/c1-3-14-7-4-8-15(17-9-5-10-25-17)20(14)31-22-18(24)19-16(13-26-23(27-19)30-2)21(28-22)29-11-6-12-29;1-8-3-2-4-10(8)6-7(9)5-8/h1,4,7-8,13,17,25H,5-6,9-12H2,2H3;7H,2-6H2,1H3. The number of para-hydroxylation sites is 1. The number of benzene rings is 1. The van der Waals surface area contributed by atoms with Crippen molar-refractivity contribution in [2.75, 3.05) is 44.7 Å². The number of pyridine rings is 1. The Bertz CT molecular complexity index is 1470. The lowest BCUT2D eigenvalue weighted by atomic mass is 9.97. The summed E-state index contributed by atoms with van der Waals surface area (Å²) >= 11 is 0. The van der Waals surface area contributed by atoms with Gasteiger partial charge in [-0.15, -0.1) is 6.42 Å². The molecule has 4 aliphatic heterocycles. The van der Waals surface area contributed by atoms with Gasteiger partial charge in [0.25, 0.3) is 5.88 Å². The van der Waals surface area contributed by atoms with Gasteiger partial charge in [0.2, 0.25) is 5.82 Å². The third-order valence-corrected chi connectivity index (χ3v) is 8.77. The molecule has 0 saturated carbocycles. The molecule has 41 heavy (non-hydrogen) atoms. The Kier molecular flexibility index (Phi) is 7.66. The molecule has 4 saturated heterocycles. The Labute approximate surface area is 239 Å². The van der Waals surface area contributed by atoms with Crippen molar-refractivity contribution in [3.8, 4) is 30.0 Å². The van der Waals surface area contributed by atoms with E-state index < -0.39 is 12.0 Å². The summed E-state index contributed by atoms with van der Waals surface area (Å²) < 4.78 is 39.6. The number of hydrogen-bond donors (Lipinski definition) is 1. The molecule has 3 atom stereocenters. The number of terminal acetylenes is 1. The first-order chi connectivity index (χ1) is 19.9. The molecule has 1 aromatic carbocycles. The third-order valence-electron chi connectivity index (χ3n) is 8.77. The fourth-order valence-corrected chi connectivity index (χ4v) is 6.44. The molecule has 1 N–H and O–H groups in total. The van der Waals surface area contributed by atoms with Crippen molar-refractivity contribution in [3.05, 3.63) is 41.3 Å². The average Bonchev–Trinajstić information content (AvgIpc) is 3.66. The van der Waals surface area contributed by atoms with Crippen LogP contribution in [0.1, 0.15) is 62.6 Å². The van der Waals surface area contributed by atoms with Crippen molar-refractivity contribution in [1.82, 2.24) is 25.2 Å². The first-order valence-electron chi connectivity index (χ1n) is 14.5. The molecule has 0 amide bonds. The Morgan fingerprint density at radius 1 is 1.17 bits per heavy atom. The third kappa shape index (κ3) is 5.29. The van der Waals surface area contributed by atoms with E-state index in [0.717, 1.165) is 57.4 Å². The molecule has 0 spiro atoms. The highest BCUT2D eigenvalue weighted by molar-refractivity contribution is 5.91. The van der Waals surface area contributed by atoms with Crippen LogP contribution in [0, 0.1) is 18.2 Å². The molecule has 216 valence electrons. The summed E-state index contributed by atoms with van der Waals surface area (Å²) in [5, 5.41) is 3.97. The van der Waals surface area contributed by atoms with Crippen LogP contribution in [0.5, 0.6) is 17.6 Å². The van der Waals surface area contributed by atoms with Crippen LogP contribution in [0.2, 0.25) is 0 Å². The largest absolute Gasteiger partial charge is 0.467 e. The molecule has 3 unspecified atom stereocenters. The van der Waals surface area contributed by atoms with Crippen LogP contribution in [0.3, 0.4) is 0 Å². The molecule has 4 aliphatic rings. The first-order valence-corrected chi connectivity index (χ1v) is 14.5. The van der Waals surface area contributed by atoms with E-state index in [0.29, 0.717) is 29.1 Å². The van der Waals surface area contributed by atoms with Crippen molar-refractivity contribution >= 4 is 16.7 Å². The molecular formula is C31H36F2N6O2. The molecule has 6 heterocycles. The van der Waals surface area contributed by atoms with Crippen LogP contribution >= 0.6 is 0 Å². The topological polar surface area (TPSA) is 75.6 Å². The fourth-order valence-electron chi connectivity index (χ4n) is 6.44. The van der Waals surface area contributed by atoms with Crippen molar-refractivity contribution in [3.63, 3.8) is 0 Å². The van der Waals surface area contributed by atoms with E-state index in [1.807, 2.05) is 12.1 Å². The normalized spacial score (nSPS) is 25.3. The maximum Gasteiger partial charge on any atom is 0.316 e. The summed E-state index contributed by atoms with van der Waals surface area (Å²) in [6, 6.07) is 5.82. The van der Waals surface area contributed by atoms with Gasteiger partial charge < -0.3 is 19.7 Å². The van der Waals surface area contributed by atoms with Gasteiger partial charge >= 0.3 is 6.01 Å². The number of hydrogen-bond acceptors (Lipinski definition) is 8. The minimum Gasteiger partial charge on any atom is -0.467 e. The van der Waals surface area contributed by atoms with Gasteiger partial charge in [0.05, 0.1) is 18.1 Å². The lowest BCUT2D eigenvalue weighted by Crippen LogP contribution is -2.37. The van der Waals surface area contributed by atoms with Gasteiger partial charge in [-0.2, -0.15) is 14.4 Å². The number of nitrogens with one attached hydrogen (secondary N) is 1. The Balaban J connectivity index is 0.000000253. The van der Waals surface area contributed by atoms with E-state index in [2.05, 4.69) is 42.9 Å². The number of halogens is 2. The number of methoxy groups -OCH3 is 1. The number of fused-ring (bicyclic) bond motifs is 2. The predicted molar refractivity (Wildman–Crippen MR) is 154 cm³/mol. The molecule has 0 radical (unpaired) electrons. The first kappa shape index (κ1) is 27.6. The van der Waals surface area contributed by atoms with Crippen molar-refractivity contribution < 1.29 is 18.3 Å². The van der Waals surface area contributed by atoms with Gasteiger partial charge in [0.15, 0.2) is 0 Å². The predicted octanol–water partition coefficient (Wildman–Crippen LogP) is 5.16. The van der Waals surface area contributed by atoms with Crippen LogP contribution in [0.4, 0.5) is 14.6 Å². The number of ether oxygens (including phenoxy) is 2. The second-order valence-corrected chi connectivity index (χ2v) is 11.5. The monoisotopic (exact) mass is 562 g/mol. The van der Waals surface area contributed by atoms with Gasteiger partial charge in [-0.05, 0) is 64.6 Å². The van der Waals surface area contributed by atoms with Gasteiger partial charge in [-0.1, -0.05) is 18.1 Å². The lowest BCUT2D eigenvalue weighted by molar-refractivity contribution is 0.217. The zero-order valence-corrected chi connectivity index (χ0v) is 23.6. The molecule has 3 aromatic rings. The Hall–Kier alpha value is -3.55. The van der Waals surface area contributed by atoms with Crippen LogP contribution in [-0.2, 0) is 0 Å². The maximum atomic E-state index is 15.6. The molecule has 0 aliphatic carbocycles. The van der Waals surface area contributed by atoms with Gasteiger partial charge in [0.1, 0.15) is 23.3 Å². The van der Waals surface area contributed by atoms with Crippen LogP contribution in [-0.4, -0.2) is 71.4 Å². The minimum absolute atomic E-state index is 0.0815. The van der Waals surface area contributed by atoms with E-state index >= 15 is 4.39 Å². The van der Waals surface area contributed by atoms with Crippen molar-refractivity contribution in [2.45, 2.75) is 63.2 Å². The number of anilines is 1. The minimum atomic E-state index is -0.669. The van der Waals surface area contributed by atoms with E-state index in [4.69, 9.17) is 15.9 Å². The number of aromatic nitrogens is 3. The van der Waals surface area contributed by atoms with Crippen LogP contribution in [0.25, 0.3) is 10.9 Å². The molecule has 10 heteroatoms. The maximum absolute atomic E-state index is 15.6. The quantitative estimate of drug-likeness (QED) is 0.428. The molecule has 4 fully saturated rings. The zero-order valence-electron chi connectivity index (χ0n) is 23.6. The smallest absolute Gasteiger partial charge is 0.316 e. The summed E-state index contributed by atoms with van der Waals surface area (Å²) in [6.07, 6.45) is 13.0. The highest BCUT2D eigenvalue weighted by Gasteiger charge is 2.44. The van der Waals surface area contributed by atoms with E-state index in [1.54, 1.807) is 6.07 Å². The van der Waals surface area contributed by atoms with Crippen LogP contribution < -0.4 is 19.7 Å². The van der Waals surface area contributed by atoms with Gasteiger partial charge in [-0.3, -0.25) is 4.90 Å². The van der Waals surface area contributed by atoms with Crippen LogP contribution in [0.15, 0.2) is 24.4 Å². The SMILES string of the molecule is C#Cc1cccc(C2CCCN2)c1Oc1nc(N2CCC2)c2cnc(OC)nc2c1F.CC12CCCN1CC(F)C2. The molecular weight excluding hydrogens is 526 g/mol. The van der Waals surface area contributed by atoms with E-state index in [9.17, 15) is 4.39 Å². The second-order valence-electron chi connectivity index (χ2n) is 11.5. The summed E-state index contributed by atoms with van der Waals surface area (Å²) in [6.45, 7) is 6.59. The highest BCUT2D eigenvalue weighted by atomic mass is 19.1. The number of rotatable bonds is 5. The highest BCUT2D eigenvalue weighted by Crippen LogP contribution is 2.40. The Morgan fingerprint density at radius 3 is 2.71 bits per heavy atom. The van der Waals surface area contributed by atoms with Crippen molar-refractivity contribution in [2.24, 2.45) is 0 Å². The van der Waals surface area contributed by atoms with E-state index in [1.165, 1.54) is 26.1 Å². The molecule has 8 nitrogen and oxygen atoms in total. The van der Waals surface area contributed by atoms with Crippen molar-refractivity contribution in [1.29, 1.82) is 0 Å². The zero-order chi connectivity index (χ0) is 28.6. The average molecular weight is 563 g/mol. The lowest BCUT2D eigenvalue weighted by Gasteiger charge is -2.33. The summed E-state index contributed by atoms with van der Waals surface area (Å²) in [5.74, 6) is 2.88. The van der Waals surface area contributed by atoms with Gasteiger partial charge in [-0.25, -0.2) is 9.37 Å². The summed E-state index contributed by atoms with van der Waals surface area (Å²) in [7, 11) is 1.44. The second kappa shape index (κ2) is 11.4. The molecule has 2 aromatic heterocycles. The molecule has 7 rings (SSSR count). The van der Waals surface area contributed by atoms with Gasteiger partial charge in [0, 0.05) is 43.0 Å². The number of alkyl halides is 1. The molecule has 0 bridgehead atoms. The number of nitrogens with zero attached hydrogens (tertiary/aromatic N) is 5. The summed E-state index contributed by atoms with van der Waals surface area (Å²) in [4.78, 5) is 17.3. The van der Waals surface area contributed by atoms with E-state index in [-0.39, 0.29) is 29.0 Å². The fraction of sp³-hybridized carbons (Fsp3) is 0.516.